The largest absolute Gasteiger partial charge is 0.390 e. The molecule has 1 aliphatic carbocycles. The molecule has 0 unspecified atom stereocenters. The van der Waals surface area contributed by atoms with Gasteiger partial charge in [0.1, 0.15) is 0 Å². The second kappa shape index (κ2) is 3.68. The summed E-state index contributed by atoms with van der Waals surface area (Å²) in [5.74, 6) is 0.558. The molecule has 0 heterocycles. The number of hydrogen-bond acceptors (Lipinski definition) is 1. The number of hydrogen-bond donors (Lipinski definition) is 1. The summed E-state index contributed by atoms with van der Waals surface area (Å²) in [6.07, 6.45) is 3.68. The van der Waals surface area contributed by atoms with Crippen LogP contribution in [0.15, 0.2) is 0 Å². The van der Waals surface area contributed by atoms with Gasteiger partial charge in [-0.25, -0.2) is 0 Å². The molecule has 0 aromatic rings. The van der Waals surface area contributed by atoms with Crippen LogP contribution in [0.25, 0.3) is 0 Å². The highest BCUT2D eigenvalue weighted by molar-refractivity contribution is 6.17. The molecule has 84 valence electrons. The van der Waals surface area contributed by atoms with Crippen molar-refractivity contribution in [3.05, 3.63) is 0 Å². The topological polar surface area (TPSA) is 20.2 Å². The predicted octanol–water partition coefficient (Wildman–Crippen LogP) is 3.58. The lowest BCUT2D eigenvalue weighted by atomic mass is 9.59. The molecule has 1 N–H and O–H groups in total. The minimum Gasteiger partial charge on any atom is -0.390 e. The molecule has 0 spiro atoms. The highest BCUT2D eigenvalue weighted by atomic mass is 35.5. The van der Waals surface area contributed by atoms with Gasteiger partial charge in [-0.15, -0.1) is 11.6 Å². The number of halogens is 1. The molecule has 0 amide bonds. The van der Waals surface area contributed by atoms with E-state index in [0.717, 1.165) is 19.3 Å². The van der Waals surface area contributed by atoms with E-state index < -0.39 is 5.60 Å². The van der Waals surface area contributed by atoms with Crippen LogP contribution in [-0.4, -0.2) is 16.6 Å². The van der Waals surface area contributed by atoms with Crippen LogP contribution >= 0.6 is 11.6 Å². The Morgan fingerprint density at radius 2 is 1.43 bits per heavy atom. The maximum Gasteiger partial charge on any atom is 0.0669 e. The van der Waals surface area contributed by atoms with Crippen LogP contribution in [0.5, 0.6) is 0 Å². The second-order valence-electron chi connectivity index (χ2n) is 6.52. The Morgan fingerprint density at radius 1 is 1.00 bits per heavy atom. The van der Waals surface area contributed by atoms with Crippen LogP contribution < -0.4 is 0 Å². The van der Waals surface area contributed by atoms with Crippen LogP contribution in [0.3, 0.4) is 0 Å². The van der Waals surface area contributed by atoms with Gasteiger partial charge in [-0.2, -0.15) is 0 Å². The van der Waals surface area contributed by atoms with Gasteiger partial charge in [-0.05, 0) is 36.5 Å². The molecule has 1 aliphatic rings. The van der Waals surface area contributed by atoms with Crippen molar-refractivity contribution < 1.29 is 5.11 Å². The lowest BCUT2D eigenvalue weighted by Crippen LogP contribution is -2.46. The molecular weight excluding hydrogens is 196 g/mol. The minimum absolute atomic E-state index is 0.239. The third kappa shape index (κ3) is 3.13. The van der Waals surface area contributed by atoms with Crippen molar-refractivity contribution in [2.45, 2.75) is 59.0 Å². The number of rotatable bonds is 2. The summed E-state index contributed by atoms with van der Waals surface area (Å²) in [5.41, 5.74) is -0.0574. The average Bonchev–Trinajstić information content (AvgIpc) is 1.75. The van der Waals surface area contributed by atoms with Crippen molar-refractivity contribution in [1.82, 2.24) is 0 Å². The molecule has 0 aromatic heterocycles. The van der Waals surface area contributed by atoms with Crippen molar-refractivity contribution in [3.63, 3.8) is 0 Å². The first-order valence-electron chi connectivity index (χ1n) is 5.47. The lowest BCUT2D eigenvalue weighted by Gasteiger charge is -2.49. The predicted molar refractivity (Wildman–Crippen MR) is 61.7 cm³/mol. The van der Waals surface area contributed by atoms with E-state index >= 15 is 0 Å². The van der Waals surface area contributed by atoms with E-state index in [1.54, 1.807) is 0 Å². The SMILES string of the molecule is CC1(C)CC(C)(C)CC(O)(CCCl)C1. The van der Waals surface area contributed by atoms with E-state index in [9.17, 15) is 5.11 Å². The first-order valence-corrected chi connectivity index (χ1v) is 6.00. The molecule has 0 saturated heterocycles. The summed E-state index contributed by atoms with van der Waals surface area (Å²) in [5, 5.41) is 10.5. The summed E-state index contributed by atoms with van der Waals surface area (Å²) in [6.45, 7) is 8.97. The normalized spacial score (nSPS) is 28.7. The first-order chi connectivity index (χ1) is 6.18. The Morgan fingerprint density at radius 3 is 1.79 bits per heavy atom. The van der Waals surface area contributed by atoms with Gasteiger partial charge in [0.05, 0.1) is 5.60 Å². The molecule has 0 bridgehead atoms. The number of alkyl halides is 1. The average molecular weight is 219 g/mol. The molecule has 1 nitrogen and oxygen atoms in total. The molecule has 1 saturated carbocycles. The summed E-state index contributed by atoms with van der Waals surface area (Å²) in [7, 11) is 0. The van der Waals surface area contributed by atoms with Gasteiger partial charge < -0.3 is 5.11 Å². The van der Waals surface area contributed by atoms with Gasteiger partial charge in [0, 0.05) is 5.88 Å². The Labute approximate surface area is 92.8 Å². The fourth-order valence-electron chi connectivity index (χ4n) is 3.62. The lowest BCUT2D eigenvalue weighted by molar-refractivity contribution is -0.0870. The summed E-state index contributed by atoms with van der Waals surface area (Å²) >= 11 is 5.75. The van der Waals surface area contributed by atoms with Crippen molar-refractivity contribution in [1.29, 1.82) is 0 Å². The quantitative estimate of drug-likeness (QED) is 0.703. The van der Waals surface area contributed by atoms with Crippen molar-refractivity contribution in [2.24, 2.45) is 10.8 Å². The molecule has 1 fully saturated rings. The van der Waals surface area contributed by atoms with E-state index in [-0.39, 0.29) is 10.8 Å². The van der Waals surface area contributed by atoms with Crippen LogP contribution in [-0.2, 0) is 0 Å². The zero-order valence-electron chi connectivity index (χ0n) is 9.86. The Balaban J connectivity index is 2.80. The van der Waals surface area contributed by atoms with Gasteiger partial charge in [0.2, 0.25) is 0 Å². The van der Waals surface area contributed by atoms with E-state index in [4.69, 9.17) is 11.6 Å². The Kier molecular flexibility index (Phi) is 3.24. The third-order valence-electron chi connectivity index (χ3n) is 3.13. The van der Waals surface area contributed by atoms with Gasteiger partial charge in [0.15, 0.2) is 0 Å². The van der Waals surface area contributed by atoms with E-state index in [0.29, 0.717) is 5.88 Å². The molecule has 0 aliphatic heterocycles. The monoisotopic (exact) mass is 218 g/mol. The van der Waals surface area contributed by atoms with Crippen LogP contribution in [0.1, 0.15) is 53.4 Å². The van der Waals surface area contributed by atoms with Gasteiger partial charge in [-0.3, -0.25) is 0 Å². The number of aliphatic hydroxyl groups is 1. The van der Waals surface area contributed by atoms with Crippen molar-refractivity contribution in [2.75, 3.05) is 5.88 Å². The summed E-state index contributed by atoms with van der Waals surface area (Å²) < 4.78 is 0. The zero-order valence-corrected chi connectivity index (χ0v) is 10.6. The molecular formula is C12H23ClO. The Hall–Kier alpha value is 0.250. The first kappa shape index (κ1) is 12.3. The highest BCUT2D eigenvalue weighted by Gasteiger charge is 2.45. The van der Waals surface area contributed by atoms with E-state index in [2.05, 4.69) is 27.7 Å². The summed E-state index contributed by atoms with van der Waals surface area (Å²) in [4.78, 5) is 0. The highest BCUT2D eigenvalue weighted by Crippen LogP contribution is 2.51. The molecule has 0 aromatic carbocycles. The van der Waals surface area contributed by atoms with Crippen molar-refractivity contribution >= 4 is 11.6 Å². The fraction of sp³-hybridized carbons (Fsp3) is 1.00. The molecule has 0 radical (unpaired) electrons. The van der Waals surface area contributed by atoms with E-state index in [1.807, 2.05) is 0 Å². The molecule has 1 rings (SSSR count). The maximum absolute atomic E-state index is 10.5. The standard InChI is InChI=1S/C12H23ClO/c1-10(2)7-11(3,4)9-12(14,8-10)5-6-13/h14H,5-9H2,1-4H3. The zero-order chi connectivity index (χ0) is 11.0. The molecule has 2 heteroatoms. The third-order valence-corrected chi connectivity index (χ3v) is 3.32. The summed E-state index contributed by atoms with van der Waals surface area (Å²) in [6, 6.07) is 0. The maximum atomic E-state index is 10.5. The van der Waals surface area contributed by atoms with Gasteiger partial charge >= 0.3 is 0 Å². The Bertz CT molecular complexity index is 192. The second-order valence-corrected chi connectivity index (χ2v) is 6.90. The van der Waals surface area contributed by atoms with Crippen molar-refractivity contribution in [3.8, 4) is 0 Å². The smallest absolute Gasteiger partial charge is 0.0669 e. The molecule has 0 atom stereocenters. The van der Waals surface area contributed by atoms with Gasteiger partial charge in [-0.1, -0.05) is 27.7 Å². The van der Waals surface area contributed by atoms with Crippen LogP contribution in [0.2, 0.25) is 0 Å². The van der Waals surface area contributed by atoms with E-state index in [1.165, 1.54) is 6.42 Å². The fourth-order valence-corrected chi connectivity index (χ4v) is 3.97. The van der Waals surface area contributed by atoms with Crippen LogP contribution in [0, 0.1) is 10.8 Å². The molecule has 14 heavy (non-hydrogen) atoms. The minimum atomic E-state index is -0.535. The van der Waals surface area contributed by atoms with Crippen LogP contribution in [0.4, 0.5) is 0 Å². The van der Waals surface area contributed by atoms with Gasteiger partial charge in [0.25, 0.3) is 0 Å².